The Kier molecular flexibility index (Phi) is 43.1. The van der Waals surface area contributed by atoms with Crippen molar-refractivity contribution < 1.29 is 281 Å². The lowest BCUT2D eigenvalue weighted by atomic mass is 9.94. The molecule has 3 amide bonds. The fourth-order valence-electron chi connectivity index (χ4n) is 19.2. The highest BCUT2D eigenvalue weighted by Crippen LogP contribution is 2.44. The number of hydrogen-bond acceptors (Lipinski definition) is 57. The largest absolute Gasteiger partial charge is 0.469 e. The van der Waals surface area contributed by atoms with Gasteiger partial charge >= 0.3 is 5.97 Å². The number of esters is 1. The Morgan fingerprint density at radius 2 is 0.441 bits per heavy atom. The Labute approximate surface area is 827 Å². The zero-order valence-corrected chi connectivity index (χ0v) is 80.3. The maximum absolute atomic E-state index is 13.5. The van der Waals surface area contributed by atoms with Crippen molar-refractivity contribution in [3.05, 3.63) is 0 Å². The van der Waals surface area contributed by atoms with Gasteiger partial charge in [0.15, 0.2) is 75.5 Å². The maximum atomic E-state index is 13.5. The summed E-state index contributed by atoms with van der Waals surface area (Å²) in [6.45, 7) is 4.01. The van der Waals surface area contributed by atoms with Crippen LogP contribution in [0, 0.1) is 0 Å². The first-order chi connectivity index (χ1) is 68.6. The van der Waals surface area contributed by atoms with Gasteiger partial charge in [0, 0.05) is 33.8 Å². The molecular formula is C85H143N3O57. The molecule has 0 unspecified atom stereocenters. The number of amides is 3. The van der Waals surface area contributed by atoms with Crippen molar-refractivity contribution in [1.82, 2.24) is 16.0 Å². The number of carbonyl (C=O) groups is 4. The second-order valence-corrected chi connectivity index (χ2v) is 37.9. The Morgan fingerprint density at radius 3 is 0.703 bits per heavy atom. The van der Waals surface area contributed by atoms with E-state index in [0.717, 1.165) is 20.8 Å². The Hall–Kier alpha value is -4.20. The van der Waals surface area contributed by atoms with E-state index in [2.05, 4.69) is 20.7 Å². The van der Waals surface area contributed by atoms with Gasteiger partial charge in [-0.3, -0.25) is 19.2 Å². The van der Waals surface area contributed by atoms with Crippen molar-refractivity contribution in [2.75, 3.05) is 53.4 Å². The number of hydrogen-bond donors (Lipinski definition) is 31. The lowest BCUT2D eigenvalue weighted by Gasteiger charge is -2.51. The number of unbranched alkanes of at least 4 members (excludes halogenated alkanes) is 2. The quantitative estimate of drug-likeness (QED) is 0.0202. The molecule has 0 spiro atoms. The van der Waals surface area contributed by atoms with Crippen molar-refractivity contribution in [3.8, 4) is 0 Å². The Morgan fingerprint density at radius 1 is 0.221 bits per heavy atom. The van der Waals surface area contributed by atoms with Gasteiger partial charge < -0.3 is 277 Å². The first kappa shape index (κ1) is 119. The van der Waals surface area contributed by atoms with Crippen LogP contribution >= 0.6 is 0 Å². The van der Waals surface area contributed by atoms with Crippen LogP contribution in [0.4, 0.5) is 0 Å². The molecule has 0 aromatic rings. The summed E-state index contributed by atoms with van der Waals surface area (Å²) in [5.41, 5.74) is 0. The predicted molar refractivity (Wildman–Crippen MR) is 455 cm³/mol. The molecule has 12 rings (SSSR count). The second-order valence-electron chi connectivity index (χ2n) is 37.9. The number of nitrogens with one attached hydrogen (secondary N) is 3. The Balaban J connectivity index is 0.741. The maximum Gasteiger partial charge on any atom is 0.305 e. The van der Waals surface area contributed by atoms with Gasteiger partial charge in [-0.2, -0.15) is 0 Å². The van der Waals surface area contributed by atoms with E-state index in [0.29, 0.717) is 19.3 Å². The normalized spacial score (nSPS) is 50.1. The van der Waals surface area contributed by atoms with Crippen molar-refractivity contribution >= 4 is 23.7 Å². The highest BCUT2D eigenvalue weighted by molar-refractivity contribution is 5.74. The molecule has 0 saturated carbocycles. The summed E-state index contributed by atoms with van der Waals surface area (Å²) >= 11 is 0. The van der Waals surface area contributed by atoms with Crippen molar-refractivity contribution in [2.24, 2.45) is 0 Å². The van der Waals surface area contributed by atoms with Crippen LogP contribution in [0.25, 0.3) is 0 Å². The summed E-state index contributed by atoms with van der Waals surface area (Å²) in [5, 5.41) is 328. The van der Waals surface area contributed by atoms with Crippen molar-refractivity contribution in [2.45, 2.75) is 456 Å². The lowest BCUT2D eigenvalue weighted by molar-refractivity contribution is -0.401. The summed E-state index contributed by atoms with van der Waals surface area (Å²) in [4.78, 5) is 51.4. The van der Waals surface area contributed by atoms with Crippen molar-refractivity contribution in [3.63, 3.8) is 0 Å². The molecule has 0 aliphatic carbocycles. The average molecular weight is 2120 g/mol. The summed E-state index contributed by atoms with van der Waals surface area (Å²) in [7, 11) is 1.25. The van der Waals surface area contributed by atoms with E-state index in [1.54, 1.807) is 0 Å². The zero-order valence-electron chi connectivity index (χ0n) is 80.3. The summed E-state index contributed by atoms with van der Waals surface area (Å²) in [6, 6.07) is -5.63. The van der Waals surface area contributed by atoms with E-state index in [-0.39, 0.29) is 13.0 Å². The van der Waals surface area contributed by atoms with Gasteiger partial charge in [0.2, 0.25) is 17.7 Å². The fraction of sp³-hybridized carbons (Fsp3) is 0.953. The topological polar surface area (TPSA) is 902 Å². The third-order valence-corrected chi connectivity index (χ3v) is 27.6. The fourth-order valence-corrected chi connectivity index (χ4v) is 19.2. The number of methoxy groups -OCH3 is 1. The van der Waals surface area contributed by atoms with Crippen LogP contribution in [0.15, 0.2) is 0 Å². The van der Waals surface area contributed by atoms with E-state index in [9.17, 15) is 162 Å². The molecule has 0 bridgehead atoms. The van der Waals surface area contributed by atoms with E-state index in [1.165, 1.54) is 48.7 Å². The van der Waals surface area contributed by atoms with Crippen LogP contribution < -0.4 is 16.0 Å². The van der Waals surface area contributed by atoms with E-state index >= 15 is 0 Å². The third-order valence-electron chi connectivity index (χ3n) is 27.6. The molecule has 60 heteroatoms. The molecule has 840 valence electrons. The van der Waals surface area contributed by atoms with Crippen molar-refractivity contribution in [1.29, 1.82) is 0 Å². The molecule has 12 fully saturated rings. The van der Waals surface area contributed by atoms with Gasteiger partial charge in [-0.05, 0) is 54.4 Å². The monoisotopic (exact) mass is 2120 g/mol. The number of rotatable bonds is 38. The van der Waals surface area contributed by atoms with Crippen LogP contribution in [0.2, 0.25) is 0 Å². The molecule has 12 aliphatic heterocycles. The zero-order chi connectivity index (χ0) is 107. The molecule has 31 N–H and O–H groups in total. The first-order valence-electron chi connectivity index (χ1n) is 47.8. The van der Waals surface area contributed by atoms with Gasteiger partial charge in [-0.25, -0.2) is 0 Å². The second kappa shape index (κ2) is 52.4. The summed E-state index contributed by atoms with van der Waals surface area (Å²) in [5.74, 6) is -3.18. The SMILES string of the molecule is COC(=O)CCCCCO[C@@H]1O[C@@H](C)[C@H](O)[C@@H](O[C@H]2O[C@H](CO)[C@@H](O)[C@H](O[C@H]3O[C@H](CO)[C@H](O)[C@H](O)[C@H]3O[C@@H]3O[C@@H](C)[C@H](O)[C@@H](O[C@@H]4O[C@@H](C)[C@H](O)[C@@H](O[C@H]5O[C@H](CO)[C@@H](O)[C@H](O[C@H]6O[C@H](CO)[C@H](O)[C@H](O)[C@H]6O[C@@H]6O[C@@H](C)[C@H](O)[C@@H](O[C@@H]7O[C@@H](C)[C@H](O)[C@@H](O[C@H]8O[C@H](CO)[C@@H](O)[C@H](O[C@H]9O[C@H](CO)[C@H](O)[C@H](O)[C@H]9O[C@@H]9O[C@@H](C)[C@H](O)[C@@H](O)[C@H]9O)[C@H]8NC(C)=O)[C@H]7O)[C@H]6O)[C@H]5NC(C)=O)[C@H]4O)[C@H]3O)[C@H]2NC(C)=O)[C@H]1O. The smallest absolute Gasteiger partial charge is 0.305 e. The van der Waals surface area contributed by atoms with Crippen LogP contribution in [0.3, 0.4) is 0 Å². The molecule has 60 atom stereocenters. The highest BCUT2D eigenvalue weighted by atomic mass is 16.8. The average Bonchev–Trinajstić information content (AvgIpc) is 0.764. The van der Waals surface area contributed by atoms with Crippen LogP contribution in [0.5, 0.6) is 0 Å². The number of carbonyl (C=O) groups excluding carboxylic acids is 4. The molecule has 0 aromatic carbocycles. The van der Waals surface area contributed by atoms with Gasteiger partial charge in [0.1, 0.15) is 256 Å². The van der Waals surface area contributed by atoms with Gasteiger partial charge in [0.05, 0.1) is 83.4 Å². The minimum atomic E-state index is -2.37. The molecular weight excluding hydrogens is 1970 g/mol. The molecule has 145 heavy (non-hydrogen) atoms. The number of aliphatic hydroxyl groups excluding tert-OH is 28. The van der Waals surface area contributed by atoms with Crippen LogP contribution in [0.1, 0.15) is 88.0 Å². The molecule has 12 aliphatic rings. The Bertz CT molecular complexity index is 3990. The van der Waals surface area contributed by atoms with Crippen LogP contribution in [-0.2, 0) is 138 Å². The number of ether oxygens (including phenoxy) is 25. The van der Waals surface area contributed by atoms with E-state index in [4.69, 9.17) is 114 Å². The molecule has 60 nitrogen and oxygen atoms in total. The highest BCUT2D eigenvalue weighted by Gasteiger charge is 2.64. The van der Waals surface area contributed by atoms with Gasteiger partial charge in [-0.1, -0.05) is 6.42 Å². The van der Waals surface area contributed by atoms with Gasteiger partial charge in [-0.15, -0.1) is 0 Å². The predicted octanol–water partition coefficient (Wildman–Crippen LogP) is -18.8. The third kappa shape index (κ3) is 26.8. The van der Waals surface area contributed by atoms with Crippen LogP contribution in [-0.4, -0.2) is 588 Å². The molecule has 0 aromatic heterocycles. The van der Waals surface area contributed by atoms with Gasteiger partial charge in [0.25, 0.3) is 0 Å². The molecule has 0 radical (unpaired) electrons. The molecule has 12 heterocycles. The molecule has 12 saturated heterocycles. The number of aliphatic hydroxyl groups is 28. The standard InChI is InChI=1S/C85H143N3O57/c1-22-41(99)53(111)57(115)78(124-22)143-71-54(112)47(105)31(16-89)132-83(71)135-64-39(87-29(8)96)75(130-35(20-93)51(64)109)139-67-43(101)24(3)125-79(59(67)117)141-70-46(104)27(6)128-82(62(70)120)145-73-56(114)49(107)33(18-91)134-85(73)137-65-40(88-30(9)97)76(131-36(21-94)52(65)110)140-68-44(102)25(4)126-80(60(68)118)142-69-45(103)26(5)127-81(61(69)119)144-72-55(113)48(106)32(17-90)133-84(72)136-63-38(86-28(7)95)74(129-34(19-92)50(63)108)138-66-42(100)23(2)123-77(58(66)116)122-15-13-11-12-14-37(98)121-10/h22-27,31-36,38-85,89-94,99-120H,11-21H2,1-10H3,(H,86,95)(H,87,96)(H,88,97)/t22-,23-,24-,25-,26-,27-,31+,32+,33+,34+,35+,36+,38+,39+,40+,41-,42-,43-,44-,45-,46-,47-,48-,49-,50+,51+,52+,53+,54-,55-,56-,57+,58+,59+,60+,61+,62+,63+,64+,65+,66+,67+,68+,69+,70+,71+,72+,73+,74+,75+,76+,77+,78-,79-,80-,81-,82-,83+,84+,85+/m0/s1. The van der Waals surface area contributed by atoms with E-state index in [1.807, 2.05) is 0 Å². The van der Waals surface area contributed by atoms with E-state index < -0.39 is 432 Å². The first-order valence-corrected chi connectivity index (χ1v) is 47.8. The summed E-state index contributed by atoms with van der Waals surface area (Å²) in [6.07, 6.45) is -111. The summed E-state index contributed by atoms with van der Waals surface area (Å²) < 4.78 is 149. The minimum Gasteiger partial charge on any atom is -0.469 e. The lowest BCUT2D eigenvalue weighted by Crippen LogP contribution is -2.70. The minimum absolute atomic E-state index is 0.0197.